The van der Waals surface area contributed by atoms with Gasteiger partial charge in [-0.25, -0.2) is 9.87 Å². The highest BCUT2D eigenvalue weighted by atomic mass is 32.2. The van der Waals surface area contributed by atoms with Crippen molar-refractivity contribution in [3.63, 3.8) is 0 Å². The first-order valence-electron chi connectivity index (χ1n) is 8.58. The number of rotatable bonds is 5. The number of hydrogen-bond donors (Lipinski definition) is 3. The van der Waals surface area contributed by atoms with Crippen LogP contribution in [-0.2, 0) is 4.79 Å². The number of thioether (sulfide) groups is 1. The Bertz CT molecular complexity index is 873. The van der Waals surface area contributed by atoms with Crippen molar-refractivity contribution in [2.24, 2.45) is 0 Å². The van der Waals surface area contributed by atoms with Crippen molar-refractivity contribution in [3.8, 4) is 11.1 Å². The SMILES string of the molecule is CNC1SC(C(=O)NO)=C(C(C)c2ccc(-c3ccccc3)c(F)c2)N1C. The van der Waals surface area contributed by atoms with Crippen LogP contribution in [0.15, 0.2) is 59.1 Å². The van der Waals surface area contributed by atoms with Gasteiger partial charge in [0.15, 0.2) is 0 Å². The summed E-state index contributed by atoms with van der Waals surface area (Å²) in [5.74, 6) is -1.10. The highest BCUT2D eigenvalue weighted by molar-refractivity contribution is 8.04. The molecule has 0 fully saturated rings. The van der Waals surface area contributed by atoms with Gasteiger partial charge in [-0.2, -0.15) is 0 Å². The molecule has 1 heterocycles. The topological polar surface area (TPSA) is 64.6 Å². The van der Waals surface area contributed by atoms with Gasteiger partial charge in [0, 0.05) is 24.2 Å². The summed E-state index contributed by atoms with van der Waals surface area (Å²) in [7, 11) is 3.66. The Morgan fingerprint density at radius 3 is 2.56 bits per heavy atom. The first kappa shape index (κ1) is 19.4. The van der Waals surface area contributed by atoms with Crippen LogP contribution < -0.4 is 10.8 Å². The van der Waals surface area contributed by atoms with Crippen molar-refractivity contribution in [1.29, 1.82) is 0 Å². The Balaban J connectivity index is 1.98. The molecule has 1 aliphatic heterocycles. The Morgan fingerprint density at radius 2 is 1.96 bits per heavy atom. The van der Waals surface area contributed by atoms with Crippen LogP contribution in [0, 0.1) is 5.82 Å². The van der Waals surface area contributed by atoms with Gasteiger partial charge in [0.25, 0.3) is 5.91 Å². The van der Waals surface area contributed by atoms with Crippen molar-refractivity contribution in [1.82, 2.24) is 15.7 Å². The number of likely N-dealkylation sites (N-methyl/N-ethyl adjacent to an activating group) is 1. The van der Waals surface area contributed by atoms with Gasteiger partial charge in [-0.15, -0.1) is 0 Å². The van der Waals surface area contributed by atoms with E-state index in [1.54, 1.807) is 18.6 Å². The number of amides is 1. The lowest BCUT2D eigenvalue weighted by atomic mass is 9.93. The zero-order valence-electron chi connectivity index (χ0n) is 15.4. The zero-order chi connectivity index (χ0) is 19.6. The van der Waals surface area contributed by atoms with E-state index >= 15 is 0 Å². The number of nitrogens with one attached hydrogen (secondary N) is 2. The number of hydrogen-bond acceptors (Lipinski definition) is 5. The highest BCUT2D eigenvalue weighted by Crippen LogP contribution is 2.42. The van der Waals surface area contributed by atoms with E-state index in [1.165, 1.54) is 17.8 Å². The predicted octanol–water partition coefficient (Wildman–Crippen LogP) is 3.49. The predicted molar refractivity (Wildman–Crippen MR) is 105 cm³/mol. The van der Waals surface area contributed by atoms with Crippen LogP contribution in [0.25, 0.3) is 11.1 Å². The molecule has 0 radical (unpaired) electrons. The van der Waals surface area contributed by atoms with E-state index in [0.717, 1.165) is 16.8 Å². The molecule has 3 rings (SSSR count). The third kappa shape index (κ3) is 3.71. The van der Waals surface area contributed by atoms with E-state index < -0.39 is 5.91 Å². The van der Waals surface area contributed by atoms with Crippen LogP contribution in [0.5, 0.6) is 0 Å². The third-order valence-electron chi connectivity index (χ3n) is 4.74. The van der Waals surface area contributed by atoms with Crippen LogP contribution in [-0.4, -0.2) is 35.6 Å². The maximum Gasteiger partial charge on any atom is 0.282 e. The number of hydroxylamine groups is 1. The average Bonchev–Trinajstić information content (AvgIpc) is 3.03. The number of allylic oxidation sites excluding steroid dienone is 1. The minimum absolute atomic E-state index is 0.136. The van der Waals surface area contributed by atoms with E-state index in [9.17, 15) is 9.18 Å². The van der Waals surface area contributed by atoms with E-state index in [-0.39, 0.29) is 17.2 Å². The third-order valence-corrected chi connectivity index (χ3v) is 6.14. The van der Waals surface area contributed by atoms with Gasteiger partial charge >= 0.3 is 0 Å². The minimum atomic E-state index is -0.562. The fraction of sp³-hybridized carbons (Fsp3) is 0.250. The summed E-state index contributed by atoms with van der Waals surface area (Å²) in [6.07, 6.45) is 0. The van der Waals surface area contributed by atoms with E-state index in [4.69, 9.17) is 5.21 Å². The van der Waals surface area contributed by atoms with Gasteiger partial charge in [0.2, 0.25) is 0 Å². The number of benzene rings is 2. The molecule has 2 unspecified atom stereocenters. The van der Waals surface area contributed by atoms with Crippen molar-refractivity contribution in [2.75, 3.05) is 14.1 Å². The van der Waals surface area contributed by atoms with Crippen LogP contribution in [0.4, 0.5) is 4.39 Å². The van der Waals surface area contributed by atoms with Gasteiger partial charge in [-0.3, -0.25) is 15.3 Å². The molecule has 2 aromatic carbocycles. The van der Waals surface area contributed by atoms with E-state index in [1.807, 2.05) is 55.3 Å². The first-order chi connectivity index (χ1) is 13.0. The molecule has 0 saturated heterocycles. The summed E-state index contributed by atoms with van der Waals surface area (Å²) in [6, 6.07) is 14.5. The van der Waals surface area contributed by atoms with Crippen LogP contribution in [0.3, 0.4) is 0 Å². The summed E-state index contributed by atoms with van der Waals surface area (Å²) in [5.41, 5.74) is 4.42. The second-order valence-electron chi connectivity index (χ2n) is 6.35. The van der Waals surface area contributed by atoms with Crippen molar-refractivity contribution in [2.45, 2.75) is 18.3 Å². The second-order valence-corrected chi connectivity index (χ2v) is 7.44. The Labute approximate surface area is 162 Å². The number of halogens is 1. The lowest BCUT2D eigenvalue weighted by Crippen LogP contribution is -2.35. The molecule has 2 aromatic rings. The molecule has 7 heteroatoms. The molecule has 27 heavy (non-hydrogen) atoms. The number of carbonyl (C=O) groups is 1. The zero-order valence-corrected chi connectivity index (χ0v) is 16.2. The van der Waals surface area contributed by atoms with Crippen molar-refractivity contribution >= 4 is 17.7 Å². The Kier molecular flexibility index (Phi) is 5.84. The first-order valence-corrected chi connectivity index (χ1v) is 9.46. The lowest BCUT2D eigenvalue weighted by molar-refractivity contribution is -0.124. The maximum absolute atomic E-state index is 14.8. The largest absolute Gasteiger partial charge is 0.352 e. The molecular weight excluding hydrogens is 365 g/mol. The molecule has 0 saturated carbocycles. The minimum Gasteiger partial charge on any atom is -0.352 e. The molecule has 3 N–H and O–H groups in total. The quantitative estimate of drug-likeness (QED) is 0.541. The van der Waals surface area contributed by atoms with E-state index in [2.05, 4.69) is 5.32 Å². The highest BCUT2D eigenvalue weighted by Gasteiger charge is 2.35. The molecule has 5 nitrogen and oxygen atoms in total. The fourth-order valence-electron chi connectivity index (χ4n) is 3.32. The summed E-state index contributed by atoms with van der Waals surface area (Å²) in [4.78, 5) is 14.5. The Hall–Kier alpha value is -2.35. The molecular formula is C20H22FN3O2S. The standard InChI is InChI=1S/C20H22FN3O2S/c1-12(17-18(19(25)23-26)27-20(22-2)24(17)3)14-9-10-15(16(21)11-14)13-7-5-4-6-8-13/h4-12,20,22,26H,1-3H3,(H,23,25). The van der Waals surface area contributed by atoms with Crippen molar-refractivity contribution < 1.29 is 14.4 Å². The van der Waals surface area contributed by atoms with Gasteiger partial charge in [-0.05, 0) is 24.2 Å². The second kappa shape index (κ2) is 8.12. The molecule has 1 amide bonds. The molecule has 1 aliphatic rings. The molecule has 0 bridgehead atoms. The average molecular weight is 387 g/mol. The summed E-state index contributed by atoms with van der Waals surface area (Å²) in [5, 5.41) is 12.2. The van der Waals surface area contributed by atoms with Gasteiger partial charge < -0.3 is 4.90 Å². The fourth-order valence-corrected chi connectivity index (χ4v) is 4.53. The normalized spacial score (nSPS) is 18.0. The Morgan fingerprint density at radius 1 is 1.26 bits per heavy atom. The van der Waals surface area contributed by atoms with Crippen LogP contribution >= 0.6 is 11.8 Å². The number of carbonyl (C=O) groups excluding carboxylic acids is 1. The molecule has 2 atom stereocenters. The molecule has 0 aromatic heterocycles. The van der Waals surface area contributed by atoms with E-state index in [0.29, 0.717) is 10.5 Å². The van der Waals surface area contributed by atoms with Crippen LogP contribution in [0.2, 0.25) is 0 Å². The molecule has 0 aliphatic carbocycles. The maximum atomic E-state index is 14.8. The summed E-state index contributed by atoms with van der Waals surface area (Å²) in [6.45, 7) is 1.92. The van der Waals surface area contributed by atoms with Gasteiger partial charge in [0.05, 0.1) is 4.91 Å². The summed E-state index contributed by atoms with van der Waals surface area (Å²) < 4.78 is 14.8. The molecule has 0 spiro atoms. The smallest absolute Gasteiger partial charge is 0.282 e. The number of nitrogens with zero attached hydrogens (tertiary/aromatic N) is 1. The van der Waals surface area contributed by atoms with Crippen molar-refractivity contribution in [3.05, 3.63) is 70.5 Å². The lowest BCUT2D eigenvalue weighted by Gasteiger charge is -2.27. The summed E-state index contributed by atoms with van der Waals surface area (Å²) >= 11 is 1.32. The monoisotopic (exact) mass is 387 g/mol. The molecule has 142 valence electrons. The van der Waals surface area contributed by atoms with Gasteiger partial charge in [0.1, 0.15) is 11.3 Å². The van der Waals surface area contributed by atoms with Gasteiger partial charge in [-0.1, -0.05) is 61.2 Å². The van der Waals surface area contributed by atoms with Crippen LogP contribution in [0.1, 0.15) is 18.4 Å².